The first-order chi connectivity index (χ1) is 5.81. The second-order valence-electron chi connectivity index (χ2n) is 3.42. The monoisotopic (exact) mass is 165 g/mol. The summed E-state index contributed by atoms with van der Waals surface area (Å²) >= 11 is 0. The van der Waals surface area contributed by atoms with E-state index in [1.807, 2.05) is 24.3 Å². The maximum absolute atomic E-state index is 12.2. The Hall–Kier alpha value is -1.05. The lowest BCUT2D eigenvalue weighted by Crippen LogP contribution is -1.87. The first-order valence-electron chi connectivity index (χ1n) is 4.22. The van der Waals surface area contributed by atoms with Gasteiger partial charge in [0.15, 0.2) is 0 Å². The molecule has 2 unspecified atom stereocenters. The van der Waals surface area contributed by atoms with Gasteiger partial charge in [0, 0.05) is 5.69 Å². The van der Waals surface area contributed by atoms with E-state index in [1.54, 1.807) is 0 Å². The van der Waals surface area contributed by atoms with Crippen LogP contribution in [0.5, 0.6) is 0 Å². The highest BCUT2D eigenvalue weighted by molar-refractivity contribution is 5.41. The van der Waals surface area contributed by atoms with Crippen molar-refractivity contribution in [3.63, 3.8) is 0 Å². The molecule has 0 saturated heterocycles. The van der Waals surface area contributed by atoms with Crippen LogP contribution in [0.2, 0.25) is 0 Å². The van der Waals surface area contributed by atoms with Crippen molar-refractivity contribution in [2.24, 2.45) is 5.92 Å². The Morgan fingerprint density at radius 1 is 1.33 bits per heavy atom. The van der Waals surface area contributed by atoms with Gasteiger partial charge >= 0.3 is 0 Å². The zero-order valence-electron chi connectivity index (χ0n) is 6.83. The van der Waals surface area contributed by atoms with Crippen LogP contribution in [0.1, 0.15) is 17.9 Å². The third kappa shape index (κ3) is 1.29. The van der Waals surface area contributed by atoms with Crippen LogP contribution in [0.3, 0.4) is 0 Å². The van der Waals surface area contributed by atoms with E-state index in [2.05, 4.69) is 0 Å². The largest absolute Gasteiger partial charge is 0.399 e. The van der Waals surface area contributed by atoms with Crippen molar-refractivity contribution in [3.8, 4) is 0 Å². The number of anilines is 1. The molecular weight excluding hydrogens is 153 g/mol. The Balaban J connectivity index is 2.10. The molecule has 0 amide bonds. The van der Waals surface area contributed by atoms with Crippen molar-refractivity contribution >= 4 is 5.69 Å². The van der Waals surface area contributed by atoms with Crippen molar-refractivity contribution < 1.29 is 4.39 Å². The van der Waals surface area contributed by atoms with Crippen LogP contribution in [0.25, 0.3) is 0 Å². The number of benzene rings is 1. The van der Waals surface area contributed by atoms with Gasteiger partial charge in [0.1, 0.15) is 0 Å². The Bertz CT molecular complexity index is 268. The number of nitrogens with two attached hydrogens (primary N) is 1. The van der Waals surface area contributed by atoms with E-state index in [9.17, 15) is 4.39 Å². The molecule has 64 valence electrons. The summed E-state index contributed by atoms with van der Waals surface area (Å²) < 4.78 is 12.2. The van der Waals surface area contributed by atoms with Gasteiger partial charge in [0.2, 0.25) is 0 Å². The van der Waals surface area contributed by atoms with E-state index in [4.69, 9.17) is 5.73 Å². The van der Waals surface area contributed by atoms with Gasteiger partial charge in [-0.1, -0.05) is 12.1 Å². The van der Waals surface area contributed by atoms with E-state index < -0.39 is 0 Å². The van der Waals surface area contributed by atoms with Gasteiger partial charge in [-0.15, -0.1) is 0 Å². The normalized spacial score (nSPS) is 27.1. The molecule has 1 saturated carbocycles. The zero-order valence-corrected chi connectivity index (χ0v) is 6.83. The number of alkyl halides is 1. The fourth-order valence-electron chi connectivity index (χ4n) is 1.57. The van der Waals surface area contributed by atoms with Gasteiger partial charge in [-0.3, -0.25) is 4.39 Å². The third-order valence-electron chi connectivity index (χ3n) is 2.49. The minimum Gasteiger partial charge on any atom is -0.399 e. The molecule has 2 N–H and O–H groups in total. The third-order valence-corrected chi connectivity index (χ3v) is 2.49. The predicted molar refractivity (Wildman–Crippen MR) is 47.7 cm³/mol. The predicted octanol–water partition coefficient (Wildman–Crippen LogP) is 2.34. The maximum Gasteiger partial charge on any atom is 0.0928 e. The molecule has 1 aromatic rings. The topological polar surface area (TPSA) is 26.0 Å². The molecule has 12 heavy (non-hydrogen) atoms. The molecule has 0 heterocycles. The minimum absolute atomic E-state index is 0.185. The van der Waals surface area contributed by atoms with Gasteiger partial charge in [-0.25, -0.2) is 0 Å². The molecule has 1 nitrogen and oxygen atoms in total. The molecule has 2 atom stereocenters. The van der Waals surface area contributed by atoms with E-state index in [0.29, 0.717) is 5.92 Å². The number of halogens is 1. The van der Waals surface area contributed by atoms with Gasteiger partial charge in [-0.2, -0.15) is 0 Å². The second kappa shape index (κ2) is 2.77. The zero-order chi connectivity index (χ0) is 8.55. The van der Waals surface area contributed by atoms with Gasteiger partial charge in [0.05, 0.1) is 6.67 Å². The average molecular weight is 165 g/mol. The quantitative estimate of drug-likeness (QED) is 0.669. The highest BCUT2D eigenvalue weighted by atomic mass is 19.1. The fraction of sp³-hybridized carbons (Fsp3) is 0.400. The van der Waals surface area contributed by atoms with Crippen molar-refractivity contribution in [1.82, 2.24) is 0 Å². The van der Waals surface area contributed by atoms with Crippen LogP contribution in [0.15, 0.2) is 24.3 Å². The first-order valence-corrected chi connectivity index (χ1v) is 4.22. The molecular formula is C10H12FN. The van der Waals surface area contributed by atoms with Crippen molar-refractivity contribution in [3.05, 3.63) is 29.8 Å². The minimum atomic E-state index is -0.185. The molecule has 1 aliphatic carbocycles. The number of hydrogen-bond acceptors (Lipinski definition) is 1. The van der Waals surface area contributed by atoms with Crippen LogP contribution in [0.4, 0.5) is 10.1 Å². The Morgan fingerprint density at radius 2 is 2.00 bits per heavy atom. The van der Waals surface area contributed by atoms with Crippen molar-refractivity contribution in [2.75, 3.05) is 12.4 Å². The highest BCUT2D eigenvalue weighted by Gasteiger charge is 2.37. The molecule has 1 aromatic carbocycles. The summed E-state index contributed by atoms with van der Waals surface area (Å²) in [6, 6.07) is 7.75. The second-order valence-corrected chi connectivity index (χ2v) is 3.42. The number of nitrogen functional groups attached to an aromatic ring is 1. The van der Waals surface area contributed by atoms with Crippen LogP contribution in [0, 0.1) is 5.92 Å². The maximum atomic E-state index is 12.2. The van der Waals surface area contributed by atoms with Crippen LogP contribution < -0.4 is 5.73 Å². The first kappa shape index (κ1) is 7.59. The molecule has 1 fully saturated rings. The van der Waals surface area contributed by atoms with Crippen molar-refractivity contribution in [2.45, 2.75) is 12.3 Å². The Labute approximate surface area is 71.4 Å². The molecule has 0 aromatic heterocycles. The molecule has 0 aliphatic heterocycles. The summed E-state index contributed by atoms with van der Waals surface area (Å²) in [6.07, 6.45) is 1.00. The average Bonchev–Trinajstić information content (AvgIpc) is 2.85. The summed E-state index contributed by atoms with van der Waals surface area (Å²) in [4.78, 5) is 0. The van der Waals surface area contributed by atoms with E-state index in [0.717, 1.165) is 12.1 Å². The summed E-state index contributed by atoms with van der Waals surface area (Å²) in [5.41, 5.74) is 7.54. The highest BCUT2D eigenvalue weighted by Crippen LogP contribution is 2.47. The van der Waals surface area contributed by atoms with Crippen molar-refractivity contribution in [1.29, 1.82) is 0 Å². The molecule has 0 radical (unpaired) electrons. The molecule has 2 heteroatoms. The van der Waals surface area contributed by atoms with Crippen LogP contribution in [-0.4, -0.2) is 6.67 Å². The lowest BCUT2D eigenvalue weighted by atomic mass is 10.1. The van der Waals surface area contributed by atoms with E-state index in [-0.39, 0.29) is 12.6 Å². The van der Waals surface area contributed by atoms with Gasteiger partial charge < -0.3 is 5.73 Å². The molecule has 0 bridgehead atoms. The van der Waals surface area contributed by atoms with Gasteiger partial charge in [-0.05, 0) is 36.0 Å². The summed E-state index contributed by atoms with van der Waals surface area (Å²) in [6.45, 7) is -0.185. The van der Waals surface area contributed by atoms with E-state index >= 15 is 0 Å². The standard InChI is InChI=1S/C10H12FN/c11-6-8-5-10(8)7-1-3-9(12)4-2-7/h1-4,8,10H,5-6,12H2. The number of hydrogen-bond donors (Lipinski definition) is 1. The lowest BCUT2D eigenvalue weighted by Gasteiger charge is -1.98. The smallest absolute Gasteiger partial charge is 0.0928 e. The lowest BCUT2D eigenvalue weighted by molar-refractivity contribution is 0.452. The van der Waals surface area contributed by atoms with E-state index in [1.165, 1.54) is 5.56 Å². The number of rotatable bonds is 2. The fourth-order valence-corrected chi connectivity index (χ4v) is 1.57. The Kier molecular flexibility index (Phi) is 1.75. The van der Waals surface area contributed by atoms with Crippen LogP contribution >= 0.6 is 0 Å². The Morgan fingerprint density at radius 3 is 2.50 bits per heavy atom. The summed E-state index contributed by atoms with van der Waals surface area (Å²) in [5, 5.41) is 0. The van der Waals surface area contributed by atoms with Gasteiger partial charge in [0.25, 0.3) is 0 Å². The molecule has 0 spiro atoms. The SMILES string of the molecule is Nc1ccc(C2CC2CF)cc1. The van der Waals surface area contributed by atoms with Crippen LogP contribution in [-0.2, 0) is 0 Å². The molecule has 2 rings (SSSR count). The molecule has 1 aliphatic rings. The summed E-state index contributed by atoms with van der Waals surface area (Å²) in [7, 11) is 0. The summed E-state index contributed by atoms with van der Waals surface area (Å²) in [5.74, 6) is 0.726.